The molecule has 0 saturated heterocycles. The zero-order valence-electron chi connectivity index (χ0n) is 16.8. The Morgan fingerprint density at radius 3 is 2.26 bits per heavy atom. The fourth-order valence-electron chi connectivity index (χ4n) is 3.43. The van der Waals surface area contributed by atoms with Gasteiger partial charge >= 0.3 is 0 Å². The third-order valence-corrected chi connectivity index (χ3v) is 5.56. The van der Waals surface area contributed by atoms with Crippen LogP contribution < -0.4 is 15.0 Å². The molecule has 1 aliphatic rings. The first-order valence-corrected chi connectivity index (χ1v) is 10.2. The van der Waals surface area contributed by atoms with Crippen molar-refractivity contribution in [3.63, 3.8) is 0 Å². The van der Waals surface area contributed by atoms with Gasteiger partial charge in [-0.15, -0.1) is 0 Å². The first-order chi connectivity index (χ1) is 14.9. The maximum Gasteiger partial charge on any atom is 0.282 e. The van der Waals surface area contributed by atoms with E-state index in [-0.39, 0.29) is 11.3 Å². The topological polar surface area (TPSA) is 58.6 Å². The highest BCUT2D eigenvalue weighted by atomic mass is 35.5. The summed E-state index contributed by atoms with van der Waals surface area (Å²) in [5.74, 6) is -0.303. The molecular formula is C24H18Cl2N2O3. The summed E-state index contributed by atoms with van der Waals surface area (Å²) in [4.78, 5) is 28.0. The number of nitrogens with one attached hydrogen (secondary N) is 1. The summed E-state index contributed by atoms with van der Waals surface area (Å²) in [5, 5.41) is 4.04. The number of anilines is 2. The average Bonchev–Trinajstić information content (AvgIpc) is 3.00. The normalized spacial score (nSPS) is 13.7. The minimum atomic E-state index is -0.488. The molecule has 0 radical (unpaired) electrons. The van der Waals surface area contributed by atoms with E-state index >= 15 is 0 Å². The van der Waals surface area contributed by atoms with Gasteiger partial charge in [-0.05, 0) is 60.5 Å². The van der Waals surface area contributed by atoms with Crippen LogP contribution in [0.5, 0.6) is 5.75 Å². The van der Waals surface area contributed by atoms with Crippen molar-refractivity contribution in [1.29, 1.82) is 0 Å². The van der Waals surface area contributed by atoms with Gasteiger partial charge in [0.1, 0.15) is 11.4 Å². The summed E-state index contributed by atoms with van der Waals surface area (Å²) in [6, 6.07) is 19.0. The largest absolute Gasteiger partial charge is 0.497 e. The Morgan fingerprint density at radius 2 is 1.61 bits per heavy atom. The molecule has 1 heterocycles. The molecule has 0 aliphatic carbocycles. The van der Waals surface area contributed by atoms with Crippen LogP contribution in [0.25, 0.3) is 5.57 Å². The number of amides is 2. The zero-order valence-corrected chi connectivity index (χ0v) is 18.3. The Labute approximate surface area is 189 Å². The lowest BCUT2D eigenvalue weighted by Gasteiger charge is -2.17. The van der Waals surface area contributed by atoms with E-state index < -0.39 is 11.8 Å². The van der Waals surface area contributed by atoms with E-state index in [2.05, 4.69) is 5.32 Å². The zero-order chi connectivity index (χ0) is 22.1. The number of aryl methyl sites for hydroxylation is 1. The highest BCUT2D eigenvalue weighted by Crippen LogP contribution is 2.37. The van der Waals surface area contributed by atoms with Gasteiger partial charge in [0, 0.05) is 10.7 Å². The number of ether oxygens (including phenoxy) is 1. The number of carbonyl (C=O) groups excluding carboxylic acids is 2. The van der Waals surface area contributed by atoms with Gasteiger partial charge < -0.3 is 10.1 Å². The Morgan fingerprint density at radius 1 is 0.903 bits per heavy atom. The number of benzene rings is 3. The second-order valence-corrected chi connectivity index (χ2v) is 7.80. The molecule has 156 valence electrons. The molecule has 0 atom stereocenters. The molecule has 0 bridgehead atoms. The van der Waals surface area contributed by atoms with E-state index in [0.717, 1.165) is 10.5 Å². The van der Waals surface area contributed by atoms with Crippen molar-refractivity contribution < 1.29 is 14.3 Å². The number of imide groups is 1. The molecular weight excluding hydrogens is 435 g/mol. The standard InChI is InChI=1S/C24H18Cl2N2O3/c1-14-13-16(25)9-12-19(14)27-22-21(15-7-10-17(31-2)11-8-15)23(29)28(24(22)30)20-6-4-3-5-18(20)26/h3-13,27H,1-2H3. The summed E-state index contributed by atoms with van der Waals surface area (Å²) in [6.07, 6.45) is 0. The van der Waals surface area contributed by atoms with Gasteiger partial charge in [0.15, 0.2) is 0 Å². The van der Waals surface area contributed by atoms with Crippen LogP contribution in [0.1, 0.15) is 11.1 Å². The van der Waals surface area contributed by atoms with E-state index in [4.69, 9.17) is 27.9 Å². The van der Waals surface area contributed by atoms with Crippen molar-refractivity contribution in [2.75, 3.05) is 17.3 Å². The molecule has 1 aliphatic heterocycles. The monoisotopic (exact) mass is 452 g/mol. The molecule has 0 aromatic heterocycles. The minimum absolute atomic E-state index is 0.167. The van der Waals surface area contributed by atoms with Gasteiger partial charge in [-0.2, -0.15) is 0 Å². The highest BCUT2D eigenvalue weighted by molar-refractivity contribution is 6.48. The van der Waals surface area contributed by atoms with Crippen molar-refractivity contribution in [2.24, 2.45) is 0 Å². The molecule has 4 rings (SSSR count). The number of rotatable bonds is 5. The van der Waals surface area contributed by atoms with Gasteiger partial charge in [0.2, 0.25) is 0 Å². The molecule has 3 aromatic rings. The molecule has 0 spiro atoms. The fraction of sp³-hybridized carbons (Fsp3) is 0.0833. The maximum atomic E-state index is 13.5. The third kappa shape index (κ3) is 3.90. The van der Waals surface area contributed by atoms with E-state index in [1.54, 1.807) is 73.8 Å². The van der Waals surface area contributed by atoms with Crippen molar-refractivity contribution in [3.8, 4) is 5.75 Å². The van der Waals surface area contributed by atoms with Crippen LogP contribution in [0.3, 0.4) is 0 Å². The quantitative estimate of drug-likeness (QED) is 0.503. The first kappa shape index (κ1) is 21.0. The van der Waals surface area contributed by atoms with Crippen LogP contribution in [0.15, 0.2) is 72.4 Å². The Kier molecular flexibility index (Phi) is 5.72. The number of nitrogens with zero attached hydrogens (tertiary/aromatic N) is 1. The molecule has 0 saturated carbocycles. The molecule has 1 N–H and O–H groups in total. The van der Waals surface area contributed by atoms with Crippen LogP contribution in [0, 0.1) is 6.92 Å². The summed E-state index contributed by atoms with van der Waals surface area (Å²) in [5.41, 5.74) is 2.85. The number of hydrogen-bond donors (Lipinski definition) is 1. The van der Waals surface area contributed by atoms with Gasteiger partial charge in [-0.25, -0.2) is 4.90 Å². The molecule has 7 heteroatoms. The summed E-state index contributed by atoms with van der Waals surface area (Å²) in [6.45, 7) is 1.87. The number of para-hydroxylation sites is 1. The van der Waals surface area contributed by atoms with Gasteiger partial charge in [-0.1, -0.05) is 47.5 Å². The SMILES string of the molecule is COc1ccc(C2=C(Nc3ccc(Cl)cc3C)C(=O)N(c3ccccc3Cl)C2=O)cc1. The van der Waals surface area contributed by atoms with Crippen LogP contribution in [0.2, 0.25) is 10.0 Å². The van der Waals surface area contributed by atoms with E-state index in [1.807, 2.05) is 6.92 Å². The molecule has 5 nitrogen and oxygen atoms in total. The highest BCUT2D eigenvalue weighted by Gasteiger charge is 2.41. The Balaban J connectivity index is 1.85. The summed E-state index contributed by atoms with van der Waals surface area (Å²) >= 11 is 12.4. The van der Waals surface area contributed by atoms with Crippen molar-refractivity contribution in [3.05, 3.63) is 93.6 Å². The molecule has 3 aromatic carbocycles. The summed E-state index contributed by atoms with van der Waals surface area (Å²) in [7, 11) is 1.56. The van der Waals surface area contributed by atoms with E-state index in [9.17, 15) is 9.59 Å². The lowest BCUT2D eigenvalue weighted by Crippen LogP contribution is -2.32. The Bertz CT molecular complexity index is 1220. The van der Waals surface area contributed by atoms with Crippen LogP contribution in [-0.4, -0.2) is 18.9 Å². The second-order valence-electron chi connectivity index (χ2n) is 6.96. The smallest absolute Gasteiger partial charge is 0.282 e. The van der Waals surface area contributed by atoms with E-state index in [0.29, 0.717) is 32.7 Å². The van der Waals surface area contributed by atoms with Crippen molar-refractivity contribution in [1.82, 2.24) is 0 Å². The molecule has 0 unspecified atom stereocenters. The van der Waals surface area contributed by atoms with Crippen molar-refractivity contribution in [2.45, 2.75) is 6.92 Å². The second kappa shape index (κ2) is 8.46. The number of hydrogen-bond acceptors (Lipinski definition) is 4. The molecule has 31 heavy (non-hydrogen) atoms. The predicted octanol–water partition coefficient (Wildman–Crippen LogP) is 5.71. The fourth-order valence-corrected chi connectivity index (χ4v) is 3.87. The van der Waals surface area contributed by atoms with Crippen LogP contribution >= 0.6 is 23.2 Å². The van der Waals surface area contributed by atoms with Gasteiger partial charge in [0.25, 0.3) is 11.8 Å². The number of methoxy groups -OCH3 is 1. The lowest BCUT2D eigenvalue weighted by atomic mass is 10.0. The number of halogens is 2. The van der Waals surface area contributed by atoms with Crippen LogP contribution in [-0.2, 0) is 9.59 Å². The average molecular weight is 453 g/mol. The number of carbonyl (C=O) groups is 2. The molecule has 0 fully saturated rings. The van der Waals surface area contributed by atoms with E-state index in [1.165, 1.54) is 0 Å². The Hall–Kier alpha value is -3.28. The first-order valence-electron chi connectivity index (χ1n) is 9.46. The predicted molar refractivity (Wildman–Crippen MR) is 124 cm³/mol. The van der Waals surface area contributed by atoms with Crippen molar-refractivity contribution >= 4 is 52.0 Å². The van der Waals surface area contributed by atoms with Gasteiger partial charge in [-0.3, -0.25) is 9.59 Å². The summed E-state index contributed by atoms with van der Waals surface area (Å²) < 4.78 is 5.21. The molecule has 2 amide bonds. The maximum absolute atomic E-state index is 13.5. The van der Waals surface area contributed by atoms with Crippen LogP contribution in [0.4, 0.5) is 11.4 Å². The van der Waals surface area contributed by atoms with Gasteiger partial charge in [0.05, 0.1) is 23.4 Å². The third-order valence-electron chi connectivity index (χ3n) is 5.00. The minimum Gasteiger partial charge on any atom is -0.497 e. The lowest BCUT2D eigenvalue weighted by molar-refractivity contribution is -0.120.